The molecule has 1 aromatic carbocycles. The fraction of sp³-hybridized carbons (Fsp3) is 0.577. The maximum absolute atomic E-state index is 13.8. The van der Waals surface area contributed by atoms with E-state index in [1.54, 1.807) is 6.07 Å². The molecule has 2 aliphatic rings. The molecule has 1 aromatic rings. The van der Waals surface area contributed by atoms with Crippen LogP contribution in [0.5, 0.6) is 0 Å². The van der Waals surface area contributed by atoms with E-state index in [1.165, 1.54) is 30.7 Å². The van der Waals surface area contributed by atoms with Gasteiger partial charge in [0.1, 0.15) is 18.5 Å². The number of para-hydroxylation sites is 1. The Morgan fingerprint density at radius 1 is 1.33 bits per heavy atom. The molecule has 194 valence electrons. The Morgan fingerprint density at radius 2 is 2.00 bits per heavy atom. The maximum Gasteiger partial charge on any atom is 0.246 e. The SMILES string of the molecule is CC(C)C[C@@H](C(=O)N1C[C@]2(C[C@H]1C#N)C(=O)Nc1ccccc12)N(C)C(=O)CC(=O)NCC(C)(C)O. The lowest BCUT2D eigenvalue weighted by atomic mass is 9.80. The van der Waals surface area contributed by atoms with E-state index in [2.05, 4.69) is 16.7 Å². The van der Waals surface area contributed by atoms with Gasteiger partial charge in [-0.05, 0) is 37.8 Å². The number of hydrogen-bond donors (Lipinski definition) is 3. The van der Waals surface area contributed by atoms with Crippen LogP contribution < -0.4 is 10.6 Å². The molecule has 0 aliphatic carbocycles. The molecule has 1 fully saturated rings. The molecular weight excluding hydrogens is 462 g/mol. The van der Waals surface area contributed by atoms with Crippen molar-refractivity contribution in [2.75, 3.05) is 25.5 Å². The summed E-state index contributed by atoms with van der Waals surface area (Å²) in [5.41, 5.74) is -0.700. The third-order valence-corrected chi connectivity index (χ3v) is 6.79. The number of benzene rings is 1. The number of carbonyl (C=O) groups is 4. The highest BCUT2D eigenvalue weighted by molar-refractivity contribution is 6.07. The number of amides is 4. The van der Waals surface area contributed by atoms with Crippen LogP contribution in [0, 0.1) is 17.2 Å². The molecule has 1 saturated heterocycles. The molecule has 3 N–H and O–H groups in total. The van der Waals surface area contributed by atoms with Crippen LogP contribution in [-0.4, -0.2) is 76.4 Å². The Kier molecular flexibility index (Phi) is 7.74. The van der Waals surface area contributed by atoms with Crippen molar-refractivity contribution in [3.63, 3.8) is 0 Å². The van der Waals surface area contributed by atoms with Gasteiger partial charge in [0.05, 0.1) is 17.1 Å². The summed E-state index contributed by atoms with van der Waals surface area (Å²) in [5.74, 6) is -1.72. The van der Waals surface area contributed by atoms with Crippen LogP contribution in [0.15, 0.2) is 24.3 Å². The number of nitriles is 1. The standard InChI is InChI=1S/C26H35N5O5/c1-16(2)10-20(30(5)22(33)11-21(32)28-14-25(3,4)36)23(34)31-15-26(12-17(31)13-27)18-8-6-7-9-19(18)29-24(26)35/h6-9,16-17,20,36H,10-12,14-15H2,1-5H3,(H,28,32)(H,29,35)/t17-,20-,26-/m0/s1. The van der Waals surface area contributed by atoms with Crippen molar-refractivity contribution in [3.8, 4) is 6.07 Å². The lowest BCUT2D eigenvalue weighted by Crippen LogP contribution is -2.52. The molecule has 0 aromatic heterocycles. The summed E-state index contributed by atoms with van der Waals surface area (Å²) in [6.45, 7) is 6.94. The Morgan fingerprint density at radius 3 is 2.61 bits per heavy atom. The first-order chi connectivity index (χ1) is 16.8. The van der Waals surface area contributed by atoms with Crippen LogP contribution in [0.2, 0.25) is 0 Å². The van der Waals surface area contributed by atoms with Gasteiger partial charge in [-0.15, -0.1) is 0 Å². The molecular formula is C26H35N5O5. The van der Waals surface area contributed by atoms with Crippen LogP contribution in [0.25, 0.3) is 0 Å². The smallest absolute Gasteiger partial charge is 0.246 e. The minimum Gasteiger partial charge on any atom is -0.389 e. The zero-order chi connectivity index (χ0) is 26.8. The van der Waals surface area contributed by atoms with Crippen molar-refractivity contribution in [3.05, 3.63) is 29.8 Å². The number of fused-ring (bicyclic) bond motifs is 2. The minimum absolute atomic E-state index is 0.0135. The molecule has 4 amide bonds. The predicted molar refractivity (Wildman–Crippen MR) is 132 cm³/mol. The molecule has 0 bridgehead atoms. The predicted octanol–water partition coefficient (Wildman–Crippen LogP) is 1.15. The molecule has 2 heterocycles. The van der Waals surface area contributed by atoms with Gasteiger partial charge in [-0.1, -0.05) is 32.0 Å². The van der Waals surface area contributed by atoms with Gasteiger partial charge in [-0.25, -0.2) is 0 Å². The van der Waals surface area contributed by atoms with Crippen LogP contribution >= 0.6 is 0 Å². The van der Waals surface area contributed by atoms with Crippen LogP contribution in [0.1, 0.15) is 52.5 Å². The topological polar surface area (TPSA) is 143 Å². The second-order valence-corrected chi connectivity index (χ2v) is 10.8. The fourth-order valence-corrected chi connectivity index (χ4v) is 4.86. The van der Waals surface area contributed by atoms with Gasteiger partial charge in [0, 0.05) is 32.2 Å². The first-order valence-electron chi connectivity index (χ1n) is 12.1. The lowest BCUT2D eigenvalue weighted by Gasteiger charge is -2.33. The fourth-order valence-electron chi connectivity index (χ4n) is 4.86. The van der Waals surface area contributed by atoms with E-state index in [-0.39, 0.29) is 31.3 Å². The van der Waals surface area contributed by atoms with Crippen LogP contribution in [0.4, 0.5) is 5.69 Å². The Balaban J connectivity index is 1.81. The van der Waals surface area contributed by atoms with Crippen molar-refractivity contribution >= 4 is 29.3 Å². The number of rotatable bonds is 8. The average molecular weight is 498 g/mol. The monoisotopic (exact) mass is 497 g/mol. The zero-order valence-corrected chi connectivity index (χ0v) is 21.5. The highest BCUT2D eigenvalue weighted by Crippen LogP contribution is 2.46. The summed E-state index contributed by atoms with van der Waals surface area (Å²) >= 11 is 0. The van der Waals surface area contributed by atoms with Crippen molar-refractivity contribution in [2.24, 2.45) is 5.92 Å². The number of likely N-dealkylation sites (N-methyl/N-ethyl adjacent to an activating group) is 1. The van der Waals surface area contributed by atoms with E-state index >= 15 is 0 Å². The zero-order valence-electron chi connectivity index (χ0n) is 21.5. The Labute approximate surface area is 211 Å². The molecule has 0 radical (unpaired) electrons. The molecule has 1 spiro atoms. The number of hydrogen-bond acceptors (Lipinski definition) is 6. The van der Waals surface area contributed by atoms with Crippen molar-refractivity contribution in [2.45, 2.75) is 70.1 Å². The number of carbonyl (C=O) groups excluding carboxylic acids is 4. The first kappa shape index (κ1) is 27.1. The molecule has 10 nitrogen and oxygen atoms in total. The molecule has 3 rings (SSSR count). The quantitative estimate of drug-likeness (QED) is 0.460. The van der Waals surface area contributed by atoms with Gasteiger partial charge in [0.15, 0.2) is 0 Å². The average Bonchev–Trinajstić information content (AvgIpc) is 3.33. The van der Waals surface area contributed by atoms with E-state index in [4.69, 9.17) is 0 Å². The van der Waals surface area contributed by atoms with Gasteiger partial charge in [-0.2, -0.15) is 5.26 Å². The number of aliphatic hydroxyl groups is 1. The molecule has 36 heavy (non-hydrogen) atoms. The molecule has 0 unspecified atom stereocenters. The van der Waals surface area contributed by atoms with Crippen LogP contribution in [0.3, 0.4) is 0 Å². The van der Waals surface area contributed by atoms with Crippen LogP contribution in [-0.2, 0) is 24.6 Å². The third-order valence-electron chi connectivity index (χ3n) is 6.79. The summed E-state index contributed by atoms with van der Waals surface area (Å²) in [5, 5.41) is 25.1. The molecule has 3 atom stereocenters. The minimum atomic E-state index is -1.12. The van der Waals surface area contributed by atoms with Gasteiger partial charge >= 0.3 is 0 Å². The highest BCUT2D eigenvalue weighted by Gasteiger charge is 2.56. The number of nitrogens with zero attached hydrogens (tertiary/aromatic N) is 3. The largest absolute Gasteiger partial charge is 0.389 e. The summed E-state index contributed by atoms with van der Waals surface area (Å²) in [6, 6.07) is 7.71. The second kappa shape index (κ2) is 10.3. The summed E-state index contributed by atoms with van der Waals surface area (Å²) in [7, 11) is 1.47. The van der Waals surface area contributed by atoms with E-state index in [1.807, 2.05) is 32.0 Å². The van der Waals surface area contributed by atoms with E-state index in [0.717, 1.165) is 5.56 Å². The maximum atomic E-state index is 13.8. The number of anilines is 1. The van der Waals surface area contributed by atoms with Gasteiger partial charge in [0.25, 0.3) is 0 Å². The molecule has 0 saturated carbocycles. The Hall–Kier alpha value is -3.45. The van der Waals surface area contributed by atoms with Gasteiger partial charge in [0.2, 0.25) is 23.6 Å². The van der Waals surface area contributed by atoms with Crippen molar-refractivity contribution in [1.82, 2.24) is 15.1 Å². The van der Waals surface area contributed by atoms with Crippen molar-refractivity contribution in [1.29, 1.82) is 5.26 Å². The van der Waals surface area contributed by atoms with E-state index in [0.29, 0.717) is 12.1 Å². The summed E-state index contributed by atoms with van der Waals surface area (Å²) < 4.78 is 0. The number of nitrogens with one attached hydrogen (secondary N) is 2. The summed E-state index contributed by atoms with van der Waals surface area (Å²) in [4.78, 5) is 54.7. The molecule has 2 aliphatic heterocycles. The van der Waals surface area contributed by atoms with E-state index < -0.39 is 47.2 Å². The number of likely N-dealkylation sites (tertiary alicyclic amines) is 1. The normalized spacial score (nSPS) is 21.7. The molecule has 10 heteroatoms. The highest BCUT2D eigenvalue weighted by atomic mass is 16.3. The Bertz CT molecular complexity index is 1090. The van der Waals surface area contributed by atoms with Crippen molar-refractivity contribution < 1.29 is 24.3 Å². The second-order valence-electron chi connectivity index (χ2n) is 10.8. The van der Waals surface area contributed by atoms with E-state index in [9.17, 15) is 29.5 Å². The third kappa shape index (κ3) is 5.51. The summed E-state index contributed by atoms with van der Waals surface area (Å²) in [6.07, 6.45) is 0.0240. The first-order valence-corrected chi connectivity index (χ1v) is 12.1. The van der Waals surface area contributed by atoms with Gasteiger partial charge < -0.3 is 25.5 Å². The lowest BCUT2D eigenvalue weighted by molar-refractivity contribution is -0.147. The van der Waals surface area contributed by atoms with Gasteiger partial charge in [-0.3, -0.25) is 19.2 Å².